The van der Waals surface area contributed by atoms with Crippen LogP contribution in [-0.2, 0) is 9.84 Å². The molecule has 2 aliphatic rings. The topological polar surface area (TPSA) is 46.2 Å². The molecular formula is C17H33NO2S. The smallest absolute Gasteiger partial charge is 0.154 e. The van der Waals surface area contributed by atoms with Crippen LogP contribution < -0.4 is 5.32 Å². The first-order valence-corrected chi connectivity index (χ1v) is 10.6. The van der Waals surface area contributed by atoms with Crippen LogP contribution in [0, 0.1) is 17.8 Å². The maximum atomic E-state index is 12.5. The third-order valence-electron chi connectivity index (χ3n) is 5.81. The lowest BCUT2D eigenvalue weighted by molar-refractivity contribution is 0.165. The van der Waals surface area contributed by atoms with E-state index >= 15 is 0 Å². The summed E-state index contributed by atoms with van der Waals surface area (Å²) in [6.45, 7) is 7.78. The van der Waals surface area contributed by atoms with E-state index in [4.69, 9.17) is 0 Å². The zero-order valence-corrected chi connectivity index (χ0v) is 14.8. The normalized spacial score (nSPS) is 38.0. The maximum absolute atomic E-state index is 12.5. The molecule has 1 aliphatic carbocycles. The highest BCUT2D eigenvalue weighted by Gasteiger charge is 2.40. The van der Waals surface area contributed by atoms with Gasteiger partial charge in [0.25, 0.3) is 0 Å². The first-order chi connectivity index (χ1) is 9.95. The highest BCUT2D eigenvalue weighted by atomic mass is 32.2. The summed E-state index contributed by atoms with van der Waals surface area (Å²) in [5.41, 5.74) is 0. The lowest BCUT2D eigenvalue weighted by Gasteiger charge is -2.41. The van der Waals surface area contributed by atoms with Gasteiger partial charge in [0.1, 0.15) is 0 Å². The van der Waals surface area contributed by atoms with Crippen molar-refractivity contribution in [1.29, 1.82) is 0 Å². The Morgan fingerprint density at radius 2 is 1.86 bits per heavy atom. The van der Waals surface area contributed by atoms with Gasteiger partial charge in [-0.15, -0.1) is 0 Å². The van der Waals surface area contributed by atoms with Gasteiger partial charge in [-0.05, 0) is 56.4 Å². The molecule has 4 heteroatoms. The molecule has 124 valence electrons. The van der Waals surface area contributed by atoms with Crippen LogP contribution in [0.3, 0.4) is 0 Å². The van der Waals surface area contributed by atoms with Gasteiger partial charge in [0.05, 0.1) is 11.0 Å². The second kappa shape index (κ2) is 7.45. The summed E-state index contributed by atoms with van der Waals surface area (Å²) >= 11 is 0. The van der Waals surface area contributed by atoms with Crippen LogP contribution in [0.25, 0.3) is 0 Å². The van der Waals surface area contributed by atoms with Gasteiger partial charge in [0.15, 0.2) is 9.84 Å². The van der Waals surface area contributed by atoms with Crippen LogP contribution in [-0.4, -0.2) is 32.0 Å². The van der Waals surface area contributed by atoms with Crippen LogP contribution in [0.4, 0.5) is 0 Å². The summed E-state index contributed by atoms with van der Waals surface area (Å²) in [5.74, 6) is 2.46. The third kappa shape index (κ3) is 4.22. The Hall–Kier alpha value is -0.0900. The SMILES string of the molecule is CCCNC(C1CCC(C)C(C)C1)C1CCCCS1(=O)=O. The average molecular weight is 316 g/mol. The summed E-state index contributed by atoms with van der Waals surface area (Å²) in [6.07, 6.45) is 7.51. The fourth-order valence-corrected chi connectivity index (χ4v) is 6.41. The number of hydrogen-bond donors (Lipinski definition) is 1. The van der Waals surface area contributed by atoms with Gasteiger partial charge in [0.2, 0.25) is 0 Å². The molecule has 0 aromatic carbocycles. The molecular weight excluding hydrogens is 282 g/mol. The van der Waals surface area contributed by atoms with E-state index < -0.39 is 9.84 Å². The highest BCUT2D eigenvalue weighted by Crippen LogP contribution is 2.38. The Balaban J connectivity index is 2.13. The van der Waals surface area contributed by atoms with E-state index in [2.05, 4.69) is 26.1 Å². The minimum absolute atomic E-state index is 0.136. The summed E-state index contributed by atoms with van der Waals surface area (Å²) in [4.78, 5) is 0. The van der Waals surface area contributed by atoms with Gasteiger partial charge in [-0.25, -0.2) is 8.42 Å². The zero-order chi connectivity index (χ0) is 15.5. The first kappa shape index (κ1) is 17.3. The summed E-state index contributed by atoms with van der Waals surface area (Å²) in [7, 11) is -2.90. The number of rotatable bonds is 5. The molecule has 1 aliphatic heterocycles. The van der Waals surface area contributed by atoms with Gasteiger partial charge in [-0.3, -0.25) is 0 Å². The molecule has 1 N–H and O–H groups in total. The molecule has 0 spiro atoms. The summed E-state index contributed by atoms with van der Waals surface area (Å²) in [5, 5.41) is 3.48. The van der Waals surface area contributed by atoms with Crippen molar-refractivity contribution >= 4 is 9.84 Å². The minimum atomic E-state index is -2.90. The molecule has 0 amide bonds. The van der Waals surface area contributed by atoms with E-state index in [1.165, 1.54) is 19.3 Å². The van der Waals surface area contributed by atoms with Crippen molar-refractivity contribution < 1.29 is 8.42 Å². The average Bonchev–Trinajstić information content (AvgIpc) is 2.44. The molecule has 1 heterocycles. The monoisotopic (exact) mass is 315 g/mol. The Bertz CT molecular complexity index is 421. The van der Waals surface area contributed by atoms with Gasteiger partial charge in [-0.2, -0.15) is 0 Å². The van der Waals surface area contributed by atoms with Gasteiger partial charge in [0, 0.05) is 6.04 Å². The second-order valence-electron chi connectivity index (χ2n) is 7.41. The van der Waals surface area contributed by atoms with Crippen molar-refractivity contribution in [2.45, 2.75) is 77.0 Å². The highest BCUT2D eigenvalue weighted by molar-refractivity contribution is 7.92. The van der Waals surface area contributed by atoms with Crippen LogP contribution in [0.2, 0.25) is 0 Å². The molecule has 1 saturated carbocycles. The van der Waals surface area contributed by atoms with Crippen molar-refractivity contribution in [3.05, 3.63) is 0 Å². The molecule has 5 unspecified atom stereocenters. The third-order valence-corrected chi connectivity index (χ3v) is 8.12. The fraction of sp³-hybridized carbons (Fsp3) is 1.00. The molecule has 0 aromatic heterocycles. The predicted octanol–water partition coefficient (Wildman–Crippen LogP) is 3.39. The minimum Gasteiger partial charge on any atom is -0.312 e. The Morgan fingerprint density at radius 3 is 2.48 bits per heavy atom. The molecule has 0 radical (unpaired) electrons. The molecule has 2 fully saturated rings. The molecule has 1 saturated heterocycles. The molecule has 0 bridgehead atoms. The van der Waals surface area contributed by atoms with E-state index in [0.29, 0.717) is 11.7 Å². The Labute approximate surface area is 131 Å². The van der Waals surface area contributed by atoms with E-state index in [1.807, 2.05) is 0 Å². The Morgan fingerprint density at radius 1 is 1.10 bits per heavy atom. The number of hydrogen-bond acceptors (Lipinski definition) is 3. The molecule has 5 atom stereocenters. The molecule has 21 heavy (non-hydrogen) atoms. The van der Waals surface area contributed by atoms with E-state index in [-0.39, 0.29) is 11.3 Å². The fourth-order valence-electron chi connectivity index (χ4n) is 4.21. The van der Waals surface area contributed by atoms with Crippen LogP contribution in [0.15, 0.2) is 0 Å². The quantitative estimate of drug-likeness (QED) is 0.846. The van der Waals surface area contributed by atoms with Crippen LogP contribution in [0.1, 0.15) is 65.7 Å². The van der Waals surface area contributed by atoms with Crippen molar-refractivity contribution in [2.75, 3.05) is 12.3 Å². The Kier molecular flexibility index (Phi) is 6.13. The maximum Gasteiger partial charge on any atom is 0.154 e. The van der Waals surface area contributed by atoms with E-state index in [1.54, 1.807) is 0 Å². The standard InChI is InChI=1S/C17H33NO2S/c1-4-10-18-17(15-9-8-13(2)14(3)12-15)16-7-5-6-11-21(16,19)20/h13-18H,4-12H2,1-3H3. The predicted molar refractivity (Wildman–Crippen MR) is 89.2 cm³/mol. The molecule has 3 nitrogen and oxygen atoms in total. The van der Waals surface area contributed by atoms with Gasteiger partial charge < -0.3 is 5.32 Å². The summed E-state index contributed by atoms with van der Waals surface area (Å²) in [6, 6.07) is 0.185. The van der Waals surface area contributed by atoms with E-state index in [0.717, 1.165) is 44.1 Å². The van der Waals surface area contributed by atoms with Gasteiger partial charge >= 0.3 is 0 Å². The second-order valence-corrected chi connectivity index (χ2v) is 9.75. The molecule has 0 aromatic rings. The summed E-state index contributed by atoms with van der Waals surface area (Å²) < 4.78 is 25.1. The zero-order valence-electron chi connectivity index (χ0n) is 14.0. The largest absolute Gasteiger partial charge is 0.312 e. The van der Waals surface area contributed by atoms with Crippen LogP contribution in [0.5, 0.6) is 0 Å². The van der Waals surface area contributed by atoms with Gasteiger partial charge in [-0.1, -0.05) is 33.6 Å². The first-order valence-electron chi connectivity index (χ1n) is 8.90. The number of nitrogens with one attached hydrogen (secondary N) is 1. The van der Waals surface area contributed by atoms with Crippen molar-refractivity contribution in [3.63, 3.8) is 0 Å². The van der Waals surface area contributed by atoms with Crippen molar-refractivity contribution in [2.24, 2.45) is 17.8 Å². The lowest BCUT2D eigenvalue weighted by Crippen LogP contribution is -2.52. The lowest BCUT2D eigenvalue weighted by atomic mass is 9.72. The van der Waals surface area contributed by atoms with Crippen molar-refractivity contribution in [3.8, 4) is 0 Å². The molecule has 2 rings (SSSR count). The van der Waals surface area contributed by atoms with Crippen LogP contribution >= 0.6 is 0 Å². The van der Waals surface area contributed by atoms with Crippen molar-refractivity contribution in [1.82, 2.24) is 5.32 Å². The van der Waals surface area contributed by atoms with E-state index in [9.17, 15) is 8.42 Å². The number of sulfone groups is 1.